The molecule has 2 heteroatoms. The maximum absolute atomic E-state index is 11.8. The Labute approximate surface area is 171 Å². The molecule has 1 aliphatic rings. The summed E-state index contributed by atoms with van der Waals surface area (Å²) in [6.45, 7) is 8.71. The number of aryl methyl sites for hydroxylation is 2. The lowest BCUT2D eigenvalue weighted by Gasteiger charge is -2.48. The molecule has 0 aromatic heterocycles. The van der Waals surface area contributed by atoms with E-state index in [4.69, 9.17) is 0 Å². The molecule has 0 bridgehead atoms. The van der Waals surface area contributed by atoms with Gasteiger partial charge in [0.15, 0.2) is 0 Å². The second kappa shape index (κ2) is 9.24. The van der Waals surface area contributed by atoms with Crippen molar-refractivity contribution in [3.8, 4) is 0 Å². The fourth-order valence-corrected chi connectivity index (χ4v) is 4.63. The van der Waals surface area contributed by atoms with Crippen molar-refractivity contribution in [3.05, 3.63) is 70.8 Å². The molecular formula is C26H37NO. The van der Waals surface area contributed by atoms with Crippen molar-refractivity contribution < 1.29 is 5.11 Å². The van der Waals surface area contributed by atoms with Crippen molar-refractivity contribution >= 4 is 0 Å². The van der Waals surface area contributed by atoms with E-state index in [1.165, 1.54) is 41.5 Å². The van der Waals surface area contributed by atoms with Crippen LogP contribution >= 0.6 is 0 Å². The minimum Gasteiger partial charge on any atom is -0.389 e. The Kier molecular flexibility index (Phi) is 6.95. The molecule has 0 spiro atoms. The summed E-state index contributed by atoms with van der Waals surface area (Å²) in [6, 6.07) is 17.9. The first-order valence-electron chi connectivity index (χ1n) is 11.0. The normalized spacial score (nSPS) is 27.7. The highest BCUT2D eigenvalue weighted by molar-refractivity contribution is 5.30. The summed E-state index contributed by atoms with van der Waals surface area (Å²) >= 11 is 0. The summed E-state index contributed by atoms with van der Waals surface area (Å²) in [6.07, 6.45) is 6.48. The molecule has 0 amide bonds. The SMILES string of the molecule is CCCCCC[C@@]1(O)C[C@@H](c2ccc(C)cc2)N[C@H](c2ccc(C)cc2)[C@@H]1C. The smallest absolute Gasteiger partial charge is 0.0709 e. The Bertz CT molecular complexity index is 736. The first-order chi connectivity index (χ1) is 13.4. The highest BCUT2D eigenvalue weighted by Gasteiger charge is 2.45. The molecule has 0 saturated carbocycles. The van der Waals surface area contributed by atoms with E-state index in [9.17, 15) is 5.11 Å². The van der Waals surface area contributed by atoms with Crippen molar-refractivity contribution in [2.75, 3.05) is 0 Å². The van der Waals surface area contributed by atoms with Crippen molar-refractivity contribution in [2.24, 2.45) is 5.92 Å². The zero-order valence-corrected chi connectivity index (χ0v) is 18.0. The van der Waals surface area contributed by atoms with Gasteiger partial charge < -0.3 is 10.4 Å². The summed E-state index contributed by atoms with van der Waals surface area (Å²) < 4.78 is 0. The largest absolute Gasteiger partial charge is 0.389 e. The van der Waals surface area contributed by atoms with Crippen molar-refractivity contribution in [3.63, 3.8) is 0 Å². The van der Waals surface area contributed by atoms with Crippen LogP contribution in [0, 0.1) is 19.8 Å². The van der Waals surface area contributed by atoms with Gasteiger partial charge in [-0.1, -0.05) is 99.2 Å². The molecule has 0 aliphatic carbocycles. The van der Waals surface area contributed by atoms with Gasteiger partial charge in [0, 0.05) is 18.0 Å². The third-order valence-corrected chi connectivity index (χ3v) is 6.67. The molecule has 3 rings (SSSR count). The number of benzene rings is 2. The van der Waals surface area contributed by atoms with Gasteiger partial charge >= 0.3 is 0 Å². The van der Waals surface area contributed by atoms with E-state index in [0.717, 1.165) is 19.3 Å². The molecule has 2 aromatic carbocycles. The Morgan fingerprint density at radius 2 is 1.46 bits per heavy atom. The summed E-state index contributed by atoms with van der Waals surface area (Å²) in [4.78, 5) is 0. The molecule has 0 unspecified atom stereocenters. The molecule has 4 atom stereocenters. The van der Waals surface area contributed by atoms with Crippen molar-refractivity contribution in [1.82, 2.24) is 5.32 Å². The first-order valence-corrected chi connectivity index (χ1v) is 11.0. The van der Waals surface area contributed by atoms with Crippen LogP contribution in [-0.4, -0.2) is 10.7 Å². The van der Waals surface area contributed by atoms with E-state index in [1.807, 2.05) is 0 Å². The quantitative estimate of drug-likeness (QED) is 0.544. The number of nitrogens with one attached hydrogen (secondary N) is 1. The predicted molar refractivity (Wildman–Crippen MR) is 118 cm³/mol. The molecule has 2 nitrogen and oxygen atoms in total. The lowest BCUT2D eigenvalue weighted by atomic mass is 9.70. The summed E-state index contributed by atoms with van der Waals surface area (Å²) in [5.74, 6) is 0.179. The summed E-state index contributed by atoms with van der Waals surface area (Å²) in [5.41, 5.74) is 4.47. The highest BCUT2D eigenvalue weighted by atomic mass is 16.3. The fraction of sp³-hybridized carbons (Fsp3) is 0.538. The Balaban J connectivity index is 1.87. The maximum atomic E-state index is 11.8. The highest BCUT2D eigenvalue weighted by Crippen LogP contribution is 2.45. The third-order valence-electron chi connectivity index (χ3n) is 6.67. The molecule has 2 aromatic rings. The molecule has 1 heterocycles. The number of piperidine rings is 1. The molecule has 152 valence electrons. The fourth-order valence-electron chi connectivity index (χ4n) is 4.63. The van der Waals surface area contributed by atoms with Crippen LogP contribution in [0.4, 0.5) is 0 Å². The lowest BCUT2D eigenvalue weighted by molar-refractivity contribution is -0.0754. The van der Waals surface area contributed by atoms with Crippen LogP contribution in [0.15, 0.2) is 48.5 Å². The van der Waals surface area contributed by atoms with E-state index in [1.54, 1.807) is 0 Å². The minimum absolute atomic E-state index is 0.164. The Morgan fingerprint density at radius 1 is 0.893 bits per heavy atom. The Hall–Kier alpha value is -1.64. The van der Waals surface area contributed by atoms with Gasteiger partial charge in [0.2, 0.25) is 0 Å². The van der Waals surface area contributed by atoms with E-state index < -0.39 is 5.60 Å². The van der Waals surface area contributed by atoms with E-state index in [2.05, 4.69) is 81.5 Å². The van der Waals surface area contributed by atoms with Crippen LogP contribution < -0.4 is 5.32 Å². The summed E-state index contributed by atoms with van der Waals surface area (Å²) in [5, 5.41) is 15.6. The molecule has 1 aliphatic heterocycles. The van der Waals surface area contributed by atoms with Gasteiger partial charge in [-0.05, 0) is 37.8 Å². The summed E-state index contributed by atoms with van der Waals surface area (Å²) in [7, 11) is 0. The molecule has 2 N–H and O–H groups in total. The average molecular weight is 380 g/mol. The number of hydrogen-bond acceptors (Lipinski definition) is 2. The van der Waals surface area contributed by atoms with Gasteiger partial charge in [-0.25, -0.2) is 0 Å². The maximum Gasteiger partial charge on any atom is 0.0709 e. The van der Waals surface area contributed by atoms with Crippen LogP contribution in [0.1, 0.15) is 86.7 Å². The monoisotopic (exact) mass is 379 g/mol. The van der Waals surface area contributed by atoms with Gasteiger partial charge in [0.05, 0.1) is 5.60 Å². The third kappa shape index (κ3) is 4.85. The number of unbranched alkanes of at least 4 members (excludes halogenated alkanes) is 3. The lowest BCUT2D eigenvalue weighted by Crippen LogP contribution is -2.52. The van der Waals surface area contributed by atoms with Crippen LogP contribution in [0.3, 0.4) is 0 Å². The van der Waals surface area contributed by atoms with E-state index >= 15 is 0 Å². The van der Waals surface area contributed by atoms with Crippen LogP contribution in [0.2, 0.25) is 0 Å². The number of rotatable bonds is 7. The first kappa shape index (κ1) is 21.1. The molecule has 28 heavy (non-hydrogen) atoms. The number of aliphatic hydroxyl groups is 1. The topological polar surface area (TPSA) is 32.3 Å². The van der Waals surface area contributed by atoms with Crippen LogP contribution in [-0.2, 0) is 0 Å². The number of hydrogen-bond donors (Lipinski definition) is 2. The minimum atomic E-state index is -0.635. The average Bonchev–Trinajstić information content (AvgIpc) is 2.69. The Morgan fingerprint density at radius 3 is 2.04 bits per heavy atom. The van der Waals surface area contributed by atoms with Crippen LogP contribution in [0.5, 0.6) is 0 Å². The zero-order valence-electron chi connectivity index (χ0n) is 18.0. The van der Waals surface area contributed by atoms with Gasteiger partial charge in [-0.3, -0.25) is 0 Å². The standard InChI is InChI=1S/C26H37NO/c1-5-6-7-8-17-26(28)18-24(22-13-9-19(2)10-14-22)27-25(21(26)4)23-15-11-20(3)12-16-23/h9-16,21,24-25,27-28H,5-8,17-18H2,1-4H3/t21-,24-,25-,26+/m0/s1. The molecular weight excluding hydrogens is 342 g/mol. The van der Waals surface area contributed by atoms with Crippen molar-refractivity contribution in [1.29, 1.82) is 0 Å². The van der Waals surface area contributed by atoms with E-state index in [0.29, 0.717) is 0 Å². The molecule has 1 fully saturated rings. The molecule has 0 radical (unpaired) electrons. The predicted octanol–water partition coefficient (Wildman–Crippen LogP) is 6.42. The van der Waals surface area contributed by atoms with Gasteiger partial charge in [-0.2, -0.15) is 0 Å². The second-order valence-corrected chi connectivity index (χ2v) is 8.93. The molecule has 1 saturated heterocycles. The van der Waals surface area contributed by atoms with Crippen molar-refractivity contribution in [2.45, 2.75) is 83.9 Å². The van der Waals surface area contributed by atoms with Gasteiger partial charge in [-0.15, -0.1) is 0 Å². The van der Waals surface area contributed by atoms with Crippen LogP contribution in [0.25, 0.3) is 0 Å². The van der Waals surface area contributed by atoms with Gasteiger partial charge in [0.25, 0.3) is 0 Å². The van der Waals surface area contributed by atoms with E-state index in [-0.39, 0.29) is 18.0 Å². The van der Waals surface area contributed by atoms with Gasteiger partial charge in [0.1, 0.15) is 0 Å². The second-order valence-electron chi connectivity index (χ2n) is 8.93. The zero-order chi connectivity index (χ0) is 20.1.